The standard InChI is InChI=1S/C20H30N4O/c1-16(24-15-22-17-10-6-7-11-18(17)24)19(25)21-14-20(23(2)3)12-8-4-5-9-13-20/h6-7,10-11,15-16H,4-5,8-9,12-14H2,1-3H3,(H,21,25). The molecule has 1 unspecified atom stereocenters. The van der Waals surface area contributed by atoms with E-state index in [1.165, 1.54) is 25.7 Å². The quantitative estimate of drug-likeness (QED) is 0.848. The monoisotopic (exact) mass is 342 g/mol. The third kappa shape index (κ3) is 3.71. The number of benzene rings is 1. The van der Waals surface area contributed by atoms with Crippen molar-refractivity contribution in [3.05, 3.63) is 30.6 Å². The zero-order chi connectivity index (χ0) is 17.9. The molecule has 1 aliphatic rings. The molecule has 1 amide bonds. The second-order valence-electron chi connectivity index (χ2n) is 7.57. The van der Waals surface area contributed by atoms with Gasteiger partial charge in [0.1, 0.15) is 6.04 Å². The van der Waals surface area contributed by atoms with Crippen LogP contribution >= 0.6 is 0 Å². The molecule has 136 valence electrons. The van der Waals surface area contributed by atoms with Crippen molar-refractivity contribution in [2.45, 2.75) is 57.0 Å². The first-order chi connectivity index (χ1) is 12.0. The van der Waals surface area contributed by atoms with E-state index in [-0.39, 0.29) is 17.5 Å². The van der Waals surface area contributed by atoms with E-state index in [0.717, 1.165) is 30.4 Å². The molecule has 1 N–H and O–H groups in total. The molecule has 5 heteroatoms. The van der Waals surface area contributed by atoms with Gasteiger partial charge in [-0.2, -0.15) is 0 Å². The van der Waals surface area contributed by atoms with Gasteiger partial charge < -0.3 is 14.8 Å². The number of aromatic nitrogens is 2. The Balaban J connectivity index is 1.70. The Labute approximate surface area is 150 Å². The van der Waals surface area contributed by atoms with Gasteiger partial charge in [0, 0.05) is 12.1 Å². The number of likely N-dealkylation sites (N-methyl/N-ethyl adjacent to an activating group) is 1. The number of para-hydroxylation sites is 2. The van der Waals surface area contributed by atoms with Crippen LogP contribution in [0.4, 0.5) is 0 Å². The molecule has 0 bridgehead atoms. The number of nitrogens with one attached hydrogen (secondary N) is 1. The lowest BCUT2D eigenvalue weighted by Crippen LogP contribution is -2.53. The van der Waals surface area contributed by atoms with Crippen LogP contribution in [0.15, 0.2) is 30.6 Å². The van der Waals surface area contributed by atoms with Crippen LogP contribution in [0.2, 0.25) is 0 Å². The third-order valence-electron chi connectivity index (χ3n) is 5.85. The van der Waals surface area contributed by atoms with Crippen molar-refractivity contribution in [2.24, 2.45) is 0 Å². The Hall–Kier alpha value is -1.88. The van der Waals surface area contributed by atoms with E-state index in [2.05, 4.69) is 29.3 Å². The zero-order valence-corrected chi connectivity index (χ0v) is 15.7. The van der Waals surface area contributed by atoms with Crippen molar-refractivity contribution in [2.75, 3.05) is 20.6 Å². The van der Waals surface area contributed by atoms with Gasteiger partial charge in [-0.05, 0) is 46.0 Å². The Morgan fingerprint density at radius 1 is 1.24 bits per heavy atom. The van der Waals surface area contributed by atoms with Crippen LogP contribution in [0.1, 0.15) is 51.5 Å². The van der Waals surface area contributed by atoms with E-state index < -0.39 is 0 Å². The predicted molar refractivity (Wildman–Crippen MR) is 102 cm³/mol. The molecule has 0 spiro atoms. The second-order valence-corrected chi connectivity index (χ2v) is 7.57. The van der Waals surface area contributed by atoms with Crippen molar-refractivity contribution in [3.63, 3.8) is 0 Å². The molecule has 0 aliphatic heterocycles. The highest BCUT2D eigenvalue weighted by Crippen LogP contribution is 2.30. The Kier molecular flexibility index (Phi) is 5.42. The number of carbonyl (C=O) groups excluding carboxylic acids is 1. The van der Waals surface area contributed by atoms with Crippen LogP contribution in [0, 0.1) is 0 Å². The average molecular weight is 342 g/mol. The molecular formula is C20H30N4O. The molecule has 1 aromatic carbocycles. The maximum Gasteiger partial charge on any atom is 0.242 e. The van der Waals surface area contributed by atoms with E-state index in [1.807, 2.05) is 35.8 Å². The van der Waals surface area contributed by atoms with Crippen LogP contribution in [0.25, 0.3) is 11.0 Å². The van der Waals surface area contributed by atoms with Crippen LogP contribution < -0.4 is 5.32 Å². The summed E-state index contributed by atoms with van der Waals surface area (Å²) < 4.78 is 1.96. The number of hydrogen-bond acceptors (Lipinski definition) is 3. The molecule has 0 saturated heterocycles. The summed E-state index contributed by atoms with van der Waals surface area (Å²) in [4.78, 5) is 19.5. The van der Waals surface area contributed by atoms with Crippen molar-refractivity contribution < 1.29 is 4.79 Å². The minimum absolute atomic E-state index is 0.0635. The van der Waals surface area contributed by atoms with E-state index in [4.69, 9.17) is 0 Å². The lowest BCUT2D eigenvalue weighted by Gasteiger charge is -2.40. The van der Waals surface area contributed by atoms with E-state index in [1.54, 1.807) is 6.33 Å². The first-order valence-electron chi connectivity index (χ1n) is 9.40. The SMILES string of the molecule is CC(C(=O)NCC1(N(C)C)CCCCCC1)n1cnc2ccccc21. The molecule has 1 aliphatic carbocycles. The summed E-state index contributed by atoms with van der Waals surface area (Å²) >= 11 is 0. The number of hydrogen-bond donors (Lipinski definition) is 1. The van der Waals surface area contributed by atoms with E-state index >= 15 is 0 Å². The molecule has 1 fully saturated rings. The van der Waals surface area contributed by atoms with Crippen LogP contribution in [-0.4, -0.2) is 46.5 Å². The first kappa shape index (κ1) is 17.9. The van der Waals surface area contributed by atoms with Gasteiger partial charge in [0.2, 0.25) is 5.91 Å². The van der Waals surface area contributed by atoms with E-state index in [9.17, 15) is 4.79 Å². The maximum absolute atomic E-state index is 12.8. The van der Waals surface area contributed by atoms with Gasteiger partial charge in [0.05, 0.1) is 17.4 Å². The average Bonchev–Trinajstić information content (AvgIpc) is 2.89. The van der Waals surface area contributed by atoms with Gasteiger partial charge in [-0.25, -0.2) is 4.98 Å². The molecule has 3 rings (SSSR count). The number of imidazole rings is 1. The highest BCUT2D eigenvalue weighted by molar-refractivity contribution is 5.83. The van der Waals surface area contributed by atoms with Crippen LogP contribution in [0.3, 0.4) is 0 Å². The molecule has 5 nitrogen and oxygen atoms in total. The number of nitrogens with zero attached hydrogens (tertiary/aromatic N) is 3. The zero-order valence-electron chi connectivity index (χ0n) is 15.7. The normalized spacial score (nSPS) is 18.9. The molecule has 1 saturated carbocycles. The fourth-order valence-electron chi connectivity index (χ4n) is 3.98. The molecule has 2 aromatic rings. The molecule has 1 heterocycles. The largest absolute Gasteiger partial charge is 0.352 e. The van der Waals surface area contributed by atoms with Crippen LogP contribution in [-0.2, 0) is 4.79 Å². The number of amides is 1. The highest BCUT2D eigenvalue weighted by Gasteiger charge is 2.34. The summed E-state index contributed by atoms with van der Waals surface area (Å²) in [5, 5.41) is 3.23. The Morgan fingerprint density at radius 3 is 2.60 bits per heavy atom. The topological polar surface area (TPSA) is 50.2 Å². The van der Waals surface area contributed by atoms with Gasteiger partial charge in [-0.15, -0.1) is 0 Å². The van der Waals surface area contributed by atoms with Crippen molar-refractivity contribution in [1.29, 1.82) is 0 Å². The summed E-state index contributed by atoms with van der Waals surface area (Å²) in [6, 6.07) is 7.67. The molecular weight excluding hydrogens is 312 g/mol. The van der Waals surface area contributed by atoms with E-state index in [0.29, 0.717) is 0 Å². The van der Waals surface area contributed by atoms with Crippen LogP contribution in [0.5, 0.6) is 0 Å². The molecule has 1 atom stereocenters. The minimum atomic E-state index is -0.266. The van der Waals surface area contributed by atoms with Gasteiger partial charge in [-0.1, -0.05) is 37.8 Å². The van der Waals surface area contributed by atoms with Crippen molar-refractivity contribution in [3.8, 4) is 0 Å². The predicted octanol–water partition coefficient (Wildman–Crippen LogP) is 3.37. The summed E-state index contributed by atoms with van der Waals surface area (Å²) in [6.07, 6.45) is 9.18. The summed E-state index contributed by atoms with van der Waals surface area (Å²) in [6.45, 7) is 2.66. The fraction of sp³-hybridized carbons (Fsp3) is 0.600. The molecule has 1 aromatic heterocycles. The Morgan fingerprint density at radius 2 is 1.92 bits per heavy atom. The lowest BCUT2D eigenvalue weighted by molar-refractivity contribution is -0.124. The highest BCUT2D eigenvalue weighted by atomic mass is 16.2. The second kappa shape index (κ2) is 7.56. The number of carbonyl (C=O) groups is 1. The lowest BCUT2D eigenvalue weighted by atomic mass is 9.88. The summed E-state index contributed by atoms with van der Waals surface area (Å²) in [5.41, 5.74) is 2.01. The fourth-order valence-corrected chi connectivity index (χ4v) is 3.98. The Bertz CT molecular complexity index is 713. The summed E-state index contributed by atoms with van der Waals surface area (Å²) in [7, 11) is 4.29. The number of rotatable bonds is 5. The first-order valence-corrected chi connectivity index (χ1v) is 9.40. The number of fused-ring (bicyclic) bond motifs is 1. The summed E-state index contributed by atoms with van der Waals surface area (Å²) in [5.74, 6) is 0.0635. The minimum Gasteiger partial charge on any atom is -0.352 e. The third-order valence-corrected chi connectivity index (χ3v) is 5.85. The maximum atomic E-state index is 12.8. The van der Waals surface area contributed by atoms with Crippen molar-refractivity contribution >= 4 is 16.9 Å². The van der Waals surface area contributed by atoms with Gasteiger partial charge in [-0.3, -0.25) is 4.79 Å². The smallest absolute Gasteiger partial charge is 0.242 e. The van der Waals surface area contributed by atoms with Gasteiger partial charge in [0.25, 0.3) is 0 Å². The van der Waals surface area contributed by atoms with Crippen molar-refractivity contribution in [1.82, 2.24) is 19.8 Å². The molecule has 0 radical (unpaired) electrons. The molecule has 25 heavy (non-hydrogen) atoms. The van der Waals surface area contributed by atoms with Gasteiger partial charge >= 0.3 is 0 Å². The van der Waals surface area contributed by atoms with Gasteiger partial charge in [0.15, 0.2) is 0 Å².